The van der Waals surface area contributed by atoms with Crippen molar-refractivity contribution in [2.75, 3.05) is 29.4 Å². The van der Waals surface area contributed by atoms with Crippen molar-refractivity contribution in [2.24, 2.45) is 5.73 Å². The molecule has 2 aliphatic heterocycles. The Bertz CT molecular complexity index is 791. The molecular formula is C22H29Cl2N3O2. The highest BCUT2D eigenvalue weighted by atomic mass is 35.5. The van der Waals surface area contributed by atoms with Gasteiger partial charge in [-0.05, 0) is 37.0 Å². The van der Waals surface area contributed by atoms with Crippen LogP contribution in [0.2, 0.25) is 0 Å². The summed E-state index contributed by atoms with van der Waals surface area (Å²) < 4.78 is 5.87. The first-order chi connectivity index (χ1) is 13.3. The van der Waals surface area contributed by atoms with E-state index in [1.165, 1.54) is 5.56 Å². The van der Waals surface area contributed by atoms with E-state index in [1.807, 2.05) is 29.2 Å². The lowest BCUT2D eigenvalue weighted by Gasteiger charge is -2.28. The number of carbonyl (C=O) groups is 1. The van der Waals surface area contributed by atoms with Crippen LogP contribution in [0.15, 0.2) is 54.6 Å². The Morgan fingerprint density at radius 3 is 2.34 bits per heavy atom. The molecular weight excluding hydrogens is 409 g/mol. The summed E-state index contributed by atoms with van der Waals surface area (Å²) in [5.41, 5.74) is 9.08. The van der Waals surface area contributed by atoms with Crippen LogP contribution in [0.25, 0.3) is 0 Å². The fraction of sp³-hybridized carbons (Fsp3) is 0.409. The minimum atomic E-state index is -0.368. The van der Waals surface area contributed by atoms with Gasteiger partial charge in [0.15, 0.2) is 0 Å². The zero-order valence-electron chi connectivity index (χ0n) is 16.4. The maximum Gasteiger partial charge on any atom is 0.256 e. The maximum absolute atomic E-state index is 13.2. The van der Waals surface area contributed by atoms with E-state index in [9.17, 15) is 4.79 Å². The van der Waals surface area contributed by atoms with Crippen molar-refractivity contribution in [3.63, 3.8) is 0 Å². The Labute approximate surface area is 185 Å². The van der Waals surface area contributed by atoms with E-state index in [2.05, 4.69) is 35.2 Å². The molecule has 2 atom stereocenters. The minimum absolute atomic E-state index is 0. The van der Waals surface area contributed by atoms with Crippen molar-refractivity contribution < 1.29 is 9.53 Å². The fourth-order valence-corrected chi connectivity index (χ4v) is 4.05. The number of para-hydroxylation sites is 2. The van der Waals surface area contributed by atoms with E-state index >= 15 is 0 Å². The first-order valence-electron chi connectivity index (χ1n) is 9.81. The Hall–Kier alpha value is -1.79. The monoisotopic (exact) mass is 437 g/mol. The third-order valence-corrected chi connectivity index (χ3v) is 5.45. The van der Waals surface area contributed by atoms with E-state index in [4.69, 9.17) is 10.5 Å². The van der Waals surface area contributed by atoms with E-state index in [0.29, 0.717) is 13.1 Å². The zero-order valence-corrected chi connectivity index (χ0v) is 18.0. The predicted octanol–water partition coefficient (Wildman–Crippen LogP) is 3.78. The maximum atomic E-state index is 13.2. The topological polar surface area (TPSA) is 58.8 Å². The lowest BCUT2D eigenvalue weighted by Crippen LogP contribution is -2.40. The molecule has 5 nitrogen and oxygen atoms in total. The first-order valence-corrected chi connectivity index (χ1v) is 9.81. The first kappa shape index (κ1) is 23.5. The van der Waals surface area contributed by atoms with Crippen LogP contribution >= 0.6 is 24.8 Å². The Kier molecular flexibility index (Phi) is 8.78. The molecule has 2 aromatic carbocycles. The molecule has 1 saturated heterocycles. The Balaban J connectivity index is 0.00000150. The molecule has 2 heterocycles. The number of fused-ring (bicyclic) bond motifs is 1. The van der Waals surface area contributed by atoms with Crippen molar-refractivity contribution >= 4 is 42.1 Å². The van der Waals surface area contributed by atoms with Gasteiger partial charge in [-0.2, -0.15) is 0 Å². The average Bonchev–Trinajstić information content (AvgIpc) is 3.13. The highest BCUT2D eigenvalue weighted by Gasteiger charge is 2.35. The second-order valence-electron chi connectivity index (χ2n) is 7.30. The molecule has 0 unspecified atom stereocenters. The number of ether oxygens (including phenoxy) is 1. The number of halogens is 2. The van der Waals surface area contributed by atoms with Gasteiger partial charge in [0.05, 0.1) is 17.5 Å². The molecule has 0 aromatic heterocycles. The lowest BCUT2D eigenvalue weighted by atomic mass is 10.1. The number of hydrogen-bond donors (Lipinski definition) is 1. The van der Waals surface area contributed by atoms with Crippen molar-refractivity contribution in [2.45, 2.75) is 38.0 Å². The van der Waals surface area contributed by atoms with Crippen LogP contribution in [-0.2, 0) is 16.1 Å². The highest BCUT2D eigenvalue weighted by Crippen LogP contribution is 2.34. The van der Waals surface area contributed by atoms with Gasteiger partial charge in [-0.15, -0.1) is 24.8 Å². The number of hydrogen-bond acceptors (Lipinski definition) is 4. The molecule has 0 aliphatic carbocycles. The number of nitrogens with zero attached hydrogens (tertiary/aromatic N) is 2. The number of nitrogens with two attached hydrogens (primary N) is 1. The van der Waals surface area contributed by atoms with Crippen LogP contribution in [0.1, 0.15) is 24.8 Å². The molecule has 2 aromatic rings. The van der Waals surface area contributed by atoms with Crippen molar-refractivity contribution in [1.29, 1.82) is 0 Å². The molecule has 1 fully saturated rings. The molecule has 0 radical (unpaired) electrons. The quantitative estimate of drug-likeness (QED) is 0.790. The van der Waals surface area contributed by atoms with E-state index in [-0.39, 0.29) is 42.9 Å². The van der Waals surface area contributed by atoms with Gasteiger partial charge in [-0.1, -0.05) is 42.5 Å². The Morgan fingerprint density at radius 1 is 0.966 bits per heavy atom. The summed E-state index contributed by atoms with van der Waals surface area (Å²) in [5, 5.41) is 0. The summed E-state index contributed by atoms with van der Waals surface area (Å²) in [6.07, 6.45) is 2.19. The van der Waals surface area contributed by atoms with Crippen molar-refractivity contribution in [1.82, 2.24) is 0 Å². The van der Waals surface area contributed by atoms with Gasteiger partial charge >= 0.3 is 0 Å². The SMILES string of the molecule is Cl.Cl.NC[C@H]1CC[C@@H](C(=O)N2CCCN(Cc3ccccc3)c3ccccc32)O1. The summed E-state index contributed by atoms with van der Waals surface area (Å²) in [6, 6.07) is 18.7. The van der Waals surface area contributed by atoms with Gasteiger partial charge in [0.1, 0.15) is 6.10 Å². The normalized spacial score (nSPS) is 20.9. The average molecular weight is 438 g/mol. The van der Waals surface area contributed by atoms with Gasteiger partial charge in [-0.3, -0.25) is 4.79 Å². The number of anilines is 2. The van der Waals surface area contributed by atoms with Gasteiger partial charge < -0.3 is 20.3 Å². The number of carbonyl (C=O) groups excluding carboxylic acids is 1. The minimum Gasteiger partial charge on any atom is -0.365 e. The number of amides is 1. The van der Waals surface area contributed by atoms with Crippen LogP contribution < -0.4 is 15.5 Å². The Morgan fingerprint density at radius 2 is 1.66 bits per heavy atom. The van der Waals surface area contributed by atoms with Crippen LogP contribution in [0.5, 0.6) is 0 Å². The molecule has 7 heteroatoms. The van der Waals surface area contributed by atoms with E-state index < -0.39 is 0 Å². The van der Waals surface area contributed by atoms with Crippen molar-refractivity contribution in [3.8, 4) is 0 Å². The standard InChI is InChI=1S/C22H27N3O2.2ClH/c23-15-18-11-12-21(27-18)22(26)25-14-6-13-24(16-17-7-2-1-3-8-17)19-9-4-5-10-20(19)25;;/h1-5,7-10,18,21H,6,11-16,23H2;2*1H/t18-,21+;;/m1../s1. The molecule has 2 aliphatic rings. The summed E-state index contributed by atoms with van der Waals surface area (Å²) in [4.78, 5) is 17.5. The summed E-state index contributed by atoms with van der Waals surface area (Å²) in [5.74, 6) is 0.0694. The molecule has 4 rings (SSSR count). The zero-order chi connectivity index (χ0) is 18.6. The lowest BCUT2D eigenvalue weighted by molar-refractivity contribution is -0.129. The molecule has 1 amide bonds. The van der Waals surface area contributed by atoms with Crippen molar-refractivity contribution in [3.05, 3.63) is 60.2 Å². The van der Waals surface area contributed by atoms with Gasteiger partial charge in [0, 0.05) is 26.2 Å². The second kappa shape index (κ2) is 10.8. The van der Waals surface area contributed by atoms with Crippen LogP contribution in [0.3, 0.4) is 0 Å². The van der Waals surface area contributed by atoms with Crippen LogP contribution in [0, 0.1) is 0 Å². The van der Waals surface area contributed by atoms with Crippen LogP contribution in [-0.4, -0.2) is 37.7 Å². The molecule has 29 heavy (non-hydrogen) atoms. The molecule has 158 valence electrons. The fourth-order valence-electron chi connectivity index (χ4n) is 4.05. The number of rotatable bonds is 4. The number of benzene rings is 2. The van der Waals surface area contributed by atoms with Gasteiger partial charge in [0.25, 0.3) is 5.91 Å². The van der Waals surface area contributed by atoms with E-state index in [0.717, 1.165) is 43.7 Å². The van der Waals surface area contributed by atoms with E-state index in [1.54, 1.807) is 0 Å². The summed E-state index contributed by atoms with van der Waals surface area (Å²) >= 11 is 0. The highest BCUT2D eigenvalue weighted by molar-refractivity contribution is 6.00. The molecule has 0 saturated carbocycles. The molecule has 0 bridgehead atoms. The van der Waals surface area contributed by atoms with Gasteiger partial charge in [0.2, 0.25) is 0 Å². The third kappa shape index (κ3) is 5.23. The predicted molar refractivity (Wildman–Crippen MR) is 122 cm³/mol. The smallest absolute Gasteiger partial charge is 0.256 e. The largest absolute Gasteiger partial charge is 0.365 e. The summed E-state index contributed by atoms with van der Waals surface area (Å²) in [7, 11) is 0. The summed E-state index contributed by atoms with van der Waals surface area (Å²) in [6.45, 7) is 2.96. The second-order valence-corrected chi connectivity index (χ2v) is 7.30. The molecule has 2 N–H and O–H groups in total. The third-order valence-electron chi connectivity index (χ3n) is 5.45. The van der Waals surface area contributed by atoms with Crippen LogP contribution in [0.4, 0.5) is 11.4 Å². The van der Waals surface area contributed by atoms with Gasteiger partial charge in [-0.25, -0.2) is 0 Å². The molecule has 0 spiro atoms.